The van der Waals surface area contributed by atoms with Crippen molar-refractivity contribution in [2.24, 2.45) is 0 Å². The molecule has 0 saturated carbocycles. The molecule has 0 aliphatic carbocycles. The van der Waals surface area contributed by atoms with Crippen molar-refractivity contribution in [3.05, 3.63) is 28.8 Å². The molecule has 3 nitrogen and oxygen atoms in total. The standard InChI is InChI=1S/C12H17ClN2O.ClH/c1-15(2)9-3-4-10(11(13)7-9)12-8-16-6-5-14-12;/h3-4,7,12,14H,5-6,8H2,1-2H3;1H/t12-;/m0./s1. The number of hydrogen-bond acceptors (Lipinski definition) is 3. The van der Waals surface area contributed by atoms with Crippen molar-refractivity contribution < 1.29 is 4.74 Å². The van der Waals surface area contributed by atoms with E-state index < -0.39 is 0 Å². The highest BCUT2D eigenvalue weighted by Gasteiger charge is 2.18. The number of morpholine rings is 1. The lowest BCUT2D eigenvalue weighted by atomic mass is 10.1. The lowest BCUT2D eigenvalue weighted by Gasteiger charge is -2.25. The molecule has 0 radical (unpaired) electrons. The van der Waals surface area contributed by atoms with Crippen molar-refractivity contribution in [2.45, 2.75) is 6.04 Å². The Balaban J connectivity index is 0.00000144. The van der Waals surface area contributed by atoms with E-state index in [0.717, 1.165) is 29.4 Å². The van der Waals surface area contributed by atoms with Crippen LogP contribution in [0.4, 0.5) is 5.69 Å². The second-order valence-electron chi connectivity index (χ2n) is 4.18. The Bertz CT molecular complexity index is 366. The Hall–Kier alpha value is -0.480. The Morgan fingerprint density at radius 3 is 2.71 bits per heavy atom. The van der Waals surface area contributed by atoms with Gasteiger partial charge in [0.15, 0.2) is 0 Å². The quantitative estimate of drug-likeness (QED) is 0.898. The second-order valence-corrected chi connectivity index (χ2v) is 4.59. The van der Waals surface area contributed by atoms with Crippen molar-refractivity contribution in [3.63, 3.8) is 0 Å². The van der Waals surface area contributed by atoms with Crippen LogP contribution in [0.25, 0.3) is 0 Å². The van der Waals surface area contributed by atoms with Gasteiger partial charge in [-0.3, -0.25) is 0 Å². The van der Waals surface area contributed by atoms with Crippen LogP contribution < -0.4 is 10.2 Å². The predicted octanol–water partition coefficient (Wildman–Crippen LogP) is 2.49. The van der Waals surface area contributed by atoms with E-state index in [9.17, 15) is 0 Å². The van der Waals surface area contributed by atoms with E-state index >= 15 is 0 Å². The van der Waals surface area contributed by atoms with E-state index in [0.29, 0.717) is 6.61 Å². The summed E-state index contributed by atoms with van der Waals surface area (Å²) in [6.45, 7) is 2.36. The Morgan fingerprint density at radius 2 is 2.18 bits per heavy atom. The summed E-state index contributed by atoms with van der Waals surface area (Å²) in [5, 5.41) is 4.20. The first kappa shape index (κ1) is 14.6. The maximum Gasteiger partial charge on any atom is 0.0662 e. The average Bonchev–Trinajstić information content (AvgIpc) is 2.30. The number of rotatable bonds is 2. The minimum absolute atomic E-state index is 0. The maximum atomic E-state index is 6.28. The number of nitrogens with zero attached hydrogens (tertiary/aromatic N) is 1. The summed E-state index contributed by atoms with van der Waals surface area (Å²) in [4.78, 5) is 2.04. The van der Waals surface area contributed by atoms with Crippen LogP contribution in [0.3, 0.4) is 0 Å². The highest BCUT2D eigenvalue weighted by atomic mass is 35.5. The molecule has 1 saturated heterocycles. The molecule has 2 rings (SSSR count). The average molecular weight is 277 g/mol. The second kappa shape index (κ2) is 6.45. The van der Waals surface area contributed by atoms with Crippen molar-refractivity contribution >= 4 is 29.7 Å². The zero-order valence-electron chi connectivity index (χ0n) is 10.1. The summed E-state index contributed by atoms with van der Waals surface area (Å²) in [6.07, 6.45) is 0. The normalized spacial score (nSPS) is 19.6. The Kier molecular flexibility index (Phi) is 5.53. The minimum Gasteiger partial charge on any atom is -0.378 e. The van der Waals surface area contributed by atoms with Crippen molar-refractivity contribution in [1.82, 2.24) is 5.32 Å². The number of benzene rings is 1. The van der Waals surface area contributed by atoms with Crippen LogP contribution in [0.15, 0.2) is 18.2 Å². The molecule has 1 aliphatic rings. The van der Waals surface area contributed by atoms with Gasteiger partial charge in [0, 0.05) is 31.4 Å². The molecule has 1 heterocycles. The Morgan fingerprint density at radius 1 is 1.41 bits per heavy atom. The van der Waals surface area contributed by atoms with Crippen LogP contribution in [0.1, 0.15) is 11.6 Å². The van der Waals surface area contributed by atoms with Crippen LogP contribution in [-0.4, -0.2) is 33.9 Å². The van der Waals surface area contributed by atoms with Gasteiger partial charge in [-0.25, -0.2) is 0 Å². The summed E-state index contributed by atoms with van der Waals surface area (Å²) >= 11 is 6.28. The third-order valence-electron chi connectivity index (χ3n) is 2.80. The first-order chi connectivity index (χ1) is 7.68. The fourth-order valence-electron chi connectivity index (χ4n) is 1.84. The molecule has 1 aromatic rings. The number of ether oxygens (including phenoxy) is 1. The van der Waals surface area contributed by atoms with Gasteiger partial charge in [-0.15, -0.1) is 12.4 Å². The van der Waals surface area contributed by atoms with E-state index in [1.807, 2.05) is 25.1 Å². The molecule has 5 heteroatoms. The smallest absolute Gasteiger partial charge is 0.0662 e. The summed E-state index contributed by atoms with van der Waals surface area (Å²) in [7, 11) is 4.01. The van der Waals surface area contributed by atoms with Gasteiger partial charge in [0.25, 0.3) is 0 Å². The molecule has 0 unspecified atom stereocenters. The molecular weight excluding hydrogens is 259 g/mol. The summed E-state index contributed by atoms with van der Waals surface area (Å²) in [6, 6.07) is 6.37. The molecule has 1 N–H and O–H groups in total. The number of anilines is 1. The molecular formula is C12H18Cl2N2O. The molecule has 0 spiro atoms. The van der Waals surface area contributed by atoms with E-state index in [1.54, 1.807) is 0 Å². The molecule has 1 atom stereocenters. The topological polar surface area (TPSA) is 24.5 Å². The minimum atomic E-state index is 0. The molecule has 96 valence electrons. The SMILES string of the molecule is CN(C)c1ccc([C@@H]2COCCN2)c(Cl)c1.Cl. The molecule has 17 heavy (non-hydrogen) atoms. The third kappa shape index (κ3) is 3.49. The monoisotopic (exact) mass is 276 g/mol. The van der Waals surface area contributed by atoms with E-state index in [1.165, 1.54) is 0 Å². The lowest BCUT2D eigenvalue weighted by Crippen LogP contribution is -2.34. The van der Waals surface area contributed by atoms with Gasteiger partial charge in [0.2, 0.25) is 0 Å². The molecule has 1 aliphatic heterocycles. The van der Waals surface area contributed by atoms with Gasteiger partial charge in [-0.1, -0.05) is 17.7 Å². The van der Waals surface area contributed by atoms with Crippen LogP contribution in [0, 0.1) is 0 Å². The van der Waals surface area contributed by atoms with Crippen LogP contribution in [-0.2, 0) is 4.74 Å². The first-order valence-electron chi connectivity index (χ1n) is 5.46. The van der Waals surface area contributed by atoms with Crippen molar-refractivity contribution in [2.75, 3.05) is 38.8 Å². The molecule has 0 aromatic heterocycles. The van der Waals surface area contributed by atoms with Gasteiger partial charge < -0.3 is 15.0 Å². The highest BCUT2D eigenvalue weighted by molar-refractivity contribution is 6.31. The summed E-state index contributed by atoms with van der Waals surface area (Å²) in [5.41, 5.74) is 2.23. The largest absolute Gasteiger partial charge is 0.378 e. The van der Waals surface area contributed by atoms with E-state index in [2.05, 4.69) is 17.4 Å². The van der Waals surface area contributed by atoms with E-state index in [4.69, 9.17) is 16.3 Å². The number of halogens is 2. The van der Waals surface area contributed by atoms with Crippen molar-refractivity contribution in [3.8, 4) is 0 Å². The van der Waals surface area contributed by atoms with Gasteiger partial charge in [0.1, 0.15) is 0 Å². The predicted molar refractivity (Wildman–Crippen MR) is 74.6 cm³/mol. The maximum absolute atomic E-state index is 6.28. The zero-order valence-corrected chi connectivity index (χ0v) is 11.6. The molecule has 1 aromatic carbocycles. The van der Waals surface area contributed by atoms with Crippen LogP contribution in [0.2, 0.25) is 5.02 Å². The molecule has 0 amide bonds. The van der Waals surface area contributed by atoms with Crippen molar-refractivity contribution in [1.29, 1.82) is 0 Å². The summed E-state index contributed by atoms with van der Waals surface area (Å²) < 4.78 is 5.44. The Labute approximate surface area is 113 Å². The zero-order chi connectivity index (χ0) is 11.5. The van der Waals surface area contributed by atoms with E-state index in [-0.39, 0.29) is 18.4 Å². The number of nitrogens with one attached hydrogen (secondary N) is 1. The third-order valence-corrected chi connectivity index (χ3v) is 3.12. The fraction of sp³-hybridized carbons (Fsp3) is 0.500. The van der Waals surface area contributed by atoms with Gasteiger partial charge in [0.05, 0.1) is 19.3 Å². The van der Waals surface area contributed by atoms with Gasteiger partial charge >= 0.3 is 0 Å². The van der Waals surface area contributed by atoms with Crippen LogP contribution in [0.5, 0.6) is 0 Å². The first-order valence-corrected chi connectivity index (χ1v) is 5.84. The highest BCUT2D eigenvalue weighted by Crippen LogP contribution is 2.28. The van der Waals surface area contributed by atoms with Crippen LogP contribution >= 0.6 is 24.0 Å². The molecule has 1 fully saturated rings. The molecule has 0 bridgehead atoms. The van der Waals surface area contributed by atoms with Gasteiger partial charge in [-0.2, -0.15) is 0 Å². The fourth-order valence-corrected chi connectivity index (χ4v) is 2.15. The van der Waals surface area contributed by atoms with Gasteiger partial charge in [-0.05, 0) is 17.7 Å². The summed E-state index contributed by atoms with van der Waals surface area (Å²) in [5.74, 6) is 0. The number of hydrogen-bond donors (Lipinski definition) is 1. The lowest BCUT2D eigenvalue weighted by molar-refractivity contribution is 0.0769.